The van der Waals surface area contributed by atoms with Crippen LogP contribution in [0.25, 0.3) is 60.5 Å². The molecule has 3 heteroatoms. The van der Waals surface area contributed by atoms with Crippen LogP contribution in [-0.4, -0.2) is 12.6 Å². The summed E-state index contributed by atoms with van der Waals surface area (Å²) in [5.41, 5.74) is 11.6. The van der Waals surface area contributed by atoms with Crippen molar-refractivity contribution in [3.8, 4) is 27.9 Å². The van der Waals surface area contributed by atoms with Crippen molar-refractivity contribution in [2.45, 2.75) is 0 Å². The number of para-hydroxylation sites is 2. The lowest BCUT2D eigenvalue weighted by atomic mass is 9.95. The summed E-state index contributed by atoms with van der Waals surface area (Å²) in [7, 11) is -2.74. The van der Waals surface area contributed by atoms with Crippen molar-refractivity contribution in [1.29, 1.82) is 0 Å². The third kappa shape index (κ3) is 6.96. The summed E-state index contributed by atoms with van der Waals surface area (Å²) in [6, 6.07) is 103. The van der Waals surface area contributed by atoms with Gasteiger partial charge in [0, 0.05) is 27.8 Å². The van der Waals surface area contributed by atoms with Crippen LogP contribution in [0.3, 0.4) is 0 Å². The van der Waals surface area contributed by atoms with Crippen molar-refractivity contribution in [1.82, 2.24) is 4.57 Å². The third-order valence-corrected chi connectivity index (χ3v) is 18.3. The highest BCUT2D eigenvalue weighted by Gasteiger charge is 2.41. The highest BCUT2D eigenvalue weighted by Crippen LogP contribution is 2.44. The molecule has 0 amide bonds. The zero-order chi connectivity index (χ0) is 44.6. The maximum Gasteiger partial charge on any atom is 0.179 e. The molecule has 0 aliphatic carbocycles. The smallest absolute Gasteiger partial charge is 0.179 e. The number of anilines is 3. The van der Waals surface area contributed by atoms with Crippen molar-refractivity contribution >= 4 is 78.5 Å². The van der Waals surface area contributed by atoms with Gasteiger partial charge in [-0.2, -0.15) is 0 Å². The average Bonchev–Trinajstić information content (AvgIpc) is 3.76. The molecule has 1 heterocycles. The van der Waals surface area contributed by atoms with Gasteiger partial charge in [0.2, 0.25) is 0 Å². The van der Waals surface area contributed by atoms with E-state index in [4.69, 9.17) is 0 Å². The molecule has 67 heavy (non-hydrogen) atoms. The Bertz CT molecular complexity index is 3550. The number of aromatic nitrogens is 1. The molecule has 0 saturated heterocycles. The molecular weight excluding hydrogens is 825 g/mol. The maximum absolute atomic E-state index is 2.74. The molecule has 0 unspecified atom stereocenters. The fraction of sp³-hybridized carbons (Fsp3) is 0. The van der Waals surface area contributed by atoms with Crippen LogP contribution in [0.1, 0.15) is 0 Å². The van der Waals surface area contributed by atoms with E-state index in [1.165, 1.54) is 70.1 Å². The van der Waals surface area contributed by atoms with E-state index in [9.17, 15) is 0 Å². The van der Waals surface area contributed by atoms with Crippen LogP contribution < -0.4 is 25.6 Å². The fourth-order valence-electron chi connectivity index (χ4n) is 10.5. The molecule has 0 spiro atoms. The van der Waals surface area contributed by atoms with Gasteiger partial charge in [-0.15, -0.1) is 0 Å². The minimum absolute atomic E-state index is 1.09. The SMILES string of the molecule is c1ccc(-c2cccc3ccc(-c4ccc(N(c5ccc([Si](c6ccccc6)(c6ccccc6)c6ccccc6)cc5)c5cccc6c5c5ccccc5n6-c5ccccc5)cc4)cc23)cc1. The predicted molar refractivity (Wildman–Crippen MR) is 287 cm³/mol. The Labute approximate surface area is 392 Å². The van der Waals surface area contributed by atoms with E-state index in [0.717, 1.165) is 28.3 Å². The van der Waals surface area contributed by atoms with Gasteiger partial charge in [0.25, 0.3) is 0 Å². The Morgan fingerprint density at radius 3 is 1.43 bits per heavy atom. The summed E-state index contributed by atoms with van der Waals surface area (Å²) < 4.78 is 2.40. The molecule has 0 atom stereocenters. The van der Waals surface area contributed by atoms with Crippen LogP contribution in [0.5, 0.6) is 0 Å². The van der Waals surface area contributed by atoms with E-state index in [1.807, 2.05) is 0 Å². The minimum Gasteiger partial charge on any atom is -0.310 e. The number of benzene rings is 11. The first kappa shape index (κ1) is 40.0. The van der Waals surface area contributed by atoms with Crippen LogP contribution in [0, 0.1) is 0 Å². The molecule has 0 aliphatic rings. The van der Waals surface area contributed by atoms with Gasteiger partial charge >= 0.3 is 0 Å². The summed E-state index contributed by atoms with van der Waals surface area (Å²) in [4.78, 5) is 2.46. The van der Waals surface area contributed by atoms with E-state index in [0.29, 0.717) is 0 Å². The predicted octanol–water partition coefficient (Wildman–Crippen LogP) is 14.1. The maximum atomic E-state index is 2.46. The molecule has 0 bridgehead atoms. The molecule has 0 fully saturated rings. The molecule has 1 aromatic heterocycles. The highest BCUT2D eigenvalue weighted by molar-refractivity contribution is 7.19. The molecule has 0 aliphatic heterocycles. The van der Waals surface area contributed by atoms with Gasteiger partial charge in [-0.3, -0.25) is 0 Å². The monoisotopic (exact) mass is 870 g/mol. The van der Waals surface area contributed by atoms with E-state index < -0.39 is 8.07 Å². The fourth-order valence-corrected chi connectivity index (χ4v) is 15.3. The first-order valence-corrected chi connectivity index (χ1v) is 25.1. The molecule has 0 saturated carbocycles. The van der Waals surface area contributed by atoms with Crippen LogP contribution in [0.4, 0.5) is 17.1 Å². The van der Waals surface area contributed by atoms with Crippen LogP contribution in [-0.2, 0) is 0 Å². The summed E-state index contributed by atoms with van der Waals surface area (Å²) >= 11 is 0. The highest BCUT2D eigenvalue weighted by atomic mass is 28.3. The molecule has 316 valence electrons. The zero-order valence-electron chi connectivity index (χ0n) is 37.0. The van der Waals surface area contributed by atoms with E-state index in [2.05, 4.69) is 289 Å². The number of fused-ring (bicyclic) bond motifs is 4. The van der Waals surface area contributed by atoms with Crippen LogP contribution >= 0.6 is 0 Å². The molecule has 12 aromatic rings. The molecule has 2 nitrogen and oxygen atoms in total. The first-order valence-electron chi connectivity index (χ1n) is 23.1. The van der Waals surface area contributed by atoms with Crippen molar-refractivity contribution in [2.75, 3.05) is 4.90 Å². The lowest BCUT2D eigenvalue weighted by molar-refractivity contribution is 1.18. The first-order chi connectivity index (χ1) is 33.3. The number of hydrogen-bond donors (Lipinski definition) is 0. The van der Waals surface area contributed by atoms with E-state index in [-0.39, 0.29) is 0 Å². The Morgan fingerprint density at radius 1 is 0.313 bits per heavy atom. The second-order valence-corrected chi connectivity index (χ2v) is 21.1. The van der Waals surface area contributed by atoms with Gasteiger partial charge in [-0.05, 0) is 114 Å². The van der Waals surface area contributed by atoms with Crippen LogP contribution in [0.2, 0.25) is 0 Å². The van der Waals surface area contributed by atoms with Gasteiger partial charge in [0.1, 0.15) is 0 Å². The third-order valence-electron chi connectivity index (χ3n) is 13.5. The lowest BCUT2D eigenvalue weighted by Gasteiger charge is -2.35. The van der Waals surface area contributed by atoms with Gasteiger partial charge in [-0.1, -0.05) is 218 Å². The summed E-state index contributed by atoms with van der Waals surface area (Å²) in [5.74, 6) is 0. The quantitative estimate of drug-likeness (QED) is 0.0982. The van der Waals surface area contributed by atoms with Gasteiger partial charge in [-0.25, -0.2) is 0 Å². The Kier molecular flexibility index (Phi) is 10.2. The topological polar surface area (TPSA) is 8.17 Å². The standard InChI is InChI=1S/C64H46N2Si/c1-6-20-48(21-7-1)58-32-18-22-49-36-37-50(46-60(49)58)47-38-40-52(41-39-47)65(62-34-19-35-63-64(62)59-31-16-17-33-61(59)66(63)51-23-8-2-9-24-51)53-42-44-57(45-43-53)67(54-25-10-3-11-26-54,55-27-12-4-13-28-55)56-29-14-5-15-30-56/h1-46H. The van der Waals surface area contributed by atoms with Crippen molar-refractivity contribution in [3.05, 3.63) is 279 Å². The van der Waals surface area contributed by atoms with Crippen molar-refractivity contribution < 1.29 is 0 Å². The molecule has 0 N–H and O–H groups in total. The number of hydrogen-bond acceptors (Lipinski definition) is 1. The molecule has 12 rings (SSSR count). The summed E-state index contributed by atoms with van der Waals surface area (Å²) in [6.07, 6.45) is 0. The van der Waals surface area contributed by atoms with Crippen molar-refractivity contribution in [3.63, 3.8) is 0 Å². The zero-order valence-corrected chi connectivity index (χ0v) is 38.0. The number of rotatable bonds is 10. The van der Waals surface area contributed by atoms with E-state index in [1.54, 1.807) is 0 Å². The summed E-state index contributed by atoms with van der Waals surface area (Å²) in [5, 5.41) is 10.3. The normalized spacial score (nSPS) is 11.6. The van der Waals surface area contributed by atoms with Crippen molar-refractivity contribution in [2.24, 2.45) is 0 Å². The van der Waals surface area contributed by atoms with Crippen LogP contribution in [0.15, 0.2) is 279 Å². The van der Waals surface area contributed by atoms with Gasteiger partial charge < -0.3 is 9.47 Å². The van der Waals surface area contributed by atoms with Gasteiger partial charge in [0.15, 0.2) is 8.07 Å². The largest absolute Gasteiger partial charge is 0.310 e. The lowest BCUT2D eigenvalue weighted by Crippen LogP contribution is -2.74. The Hall–Kier alpha value is -8.50. The molecule has 11 aromatic carbocycles. The minimum atomic E-state index is -2.74. The second-order valence-electron chi connectivity index (χ2n) is 17.2. The number of nitrogens with zero attached hydrogens (tertiary/aromatic N) is 2. The summed E-state index contributed by atoms with van der Waals surface area (Å²) in [6.45, 7) is 0. The molecule has 0 radical (unpaired) electrons. The Morgan fingerprint density at radius 2 is 0.806 bits per heavy atom. The van der Waals surface area contributed by atoms with Gasteiger partial charge in [0.05, 0.1) is 16.7 Å². The average molecular weight is 871 g/mol. The second kappa shape index (κ2) is 17.1. The Balaban J connectivity index is 1.05. The molecular formula is C64H46N2Si. The van der Waals surface area contributed by atoms with E-state index >= 15 is 0 Å².